The molecule has 0 atom stereocenters. The maximum atomic E-state index is 13.8. The van der Waals surface area contributed by atoms with E-state index in [1.54, 1.807) is 0 Å². The van der Waals surface area contributed by atoms with Gasteiger partial charge in [0, 0.05) is 11.5 Å². The fraction of sp³-hybridized carbons (Fsp3) is 0.364. The largest absolute Gasteiger partial charge is 0.323 e. The van der Waals surface area contributed by atoms with Crippen molar-refractivity contribution in [2.24, 2.45) is 5.92 Å². The van der Waals surface area contributed by atoms with Crippen molar-refractivity contribution in [3.63, 3.8) is 0 Å². The molecule has 0 saturated heterocycles. The van der Waals surface area contributed by atoms with Gasteiger partial charge in [-0.2, -0.15) is 0 Å². The van der Waals surface area contributed by atoms with Crippen molar-refractivity contribution in [2.75, 3.05) is 0 Å². The number of fused-ring (bicyclic) bond motifs is 1. The number of nitrogens with one attached hydrogen (secondary N) is 2. The van der Waals surface area contributed by atoms with Gasteiger partial charge in [0.05, 0.1) is 11.0 Å². The Hall–Kier alpha value is -1.65. The van der Waals surface area contributed by atoms with E-state index >= 15 is 0 Å². The first-order chi connectivity index (χ1) is 7.57. The lowest BCUT2D eigenvalue weighted by molar-refractivity contribution is -0.0284. The average Bonchev–Trinajstić information content (AvgIpc) is 3.00. The van der Waals surface area contributed by atoms with Gasteiger partial charge < -0.3 is 9.97 Å². The number of aromatic amines is 2. The summed E-state index contributed by atoms with van der Waals surface area (Å²) in [4.78, 5) is 16.0. The van der Waals surface area contributed by atoms with Gasteiger partial charge in [-0.25, -0.2) is 13.6 Å². The molecule has 0 bridgehead atoms. The zero-order chi connectivity index (χ0) is 11.3. The maximum Gasteiger partial charge on any atom is 0.323 e. The van der Waals surface area contributed by atoms with Crippen LogP contribution in [0.3, 0.4) is 0 Å². The molecule has 16 heavy (non-hydrogen) atoms. The molecule has 1 heterocycles. The highest BCUT2D eigenvalue weighted by atomic mass is 19.3. The van der Waals surface area contributed by atoms with Gasteiger partial charge in [0.1, 0.15) is 0 Å². The van der Waals surface area contributed by atoms with Crippen molar-refractivity contribution in [1.82, 2.24) is 9.97 Å². The summed E-state index contributed by atoms with van der Waals surface area (Å²) in [6, 6.07) is 4.24. The molecule has 3 nitrogen and oxygen atoms in total. The number of imidazole rings is 1. The van der Waals surface area contributed by atoms with E-state index in [4.69, 9.17) is 0 Å². The number of aromatic nitrogens is 2. The fourth-order valence-corrected chi connectivity index (χ4v) is 1.92. The van der Waals surface area contributed by atoms with E-state index in [1.807, 2.05) is 0 Å². The molecule has 1 aromatic carbocycles. The van der Waals surface area contributed by atoms with Crippen LogP contribution in [-0.2, 0) is 5.92 Å². The Bertz CT molecular complexity index is 595. The second kappa shape index (κ2) is 2.93. The number of halogens is 2. The molecule has 2 aromatic rings. The van der Waals surface area contributed by atoms with Crippen LogP contribution in [0.2, 0.25) is 0 Å². The van der Waals surface area contributed by atoms with E-state index < -0.39 is 11.8 Å². The van der Waals surface area contributed by atoms with Gasteiger partial charge in [-0.3, -0.25) is 0 Å². The second-order valence-electron chi connectivity index (χ2n) is 4.24. The van der Waals surface area contributed by atoms with Crippen molar-refractivity contribution >= 4 is 11.0 Å². The van der Waals surface area contributed by atoms with Gasteiger partial charge in [0.15, 0.2) is 0 Å². The third kappa shape index (κ3) is 1.35. The summed E-state index contributed by atoms with van der Waals surface area (Å²) in [5, 5.41) is 0. The number of rotatable bonds is 2. The summed E-state index contributed by atoms with van der Waals surface area (Å²) in [5.74, 6) is -3.31. The molecule has 84 valence electrons. The zero-order valence-corrected chi connectivity index (χ0v) is 8.39. The third-order valence-corrected chi connectivity index (χ3v) is 2.99. The number of hydrogen-bond acceptors (Lipinski definition) is 1. The van der Waals surface area contributed by atoms with Crippen LogP contribution in [0.5, 0.6) is 0 Å². The molecule has 0 radical (unpaired) electrons. The minimum absolute atomic E-state index is 0.0160. The first-order valence-electron chi connectivity index (χ1n) is 5.18. The molecule has 1 aliphatic carbocycles. The molecule has 1 aliphatic rings. The van der Waals surface area contributed by atoms with Gasteiger partial charge >= 0.3 is 5.69 Å². The highest BCUT2D eigenvalue weighted by Gasteiger charge is 2.47. The van der Waals surface area contributed by atoms with Crippen LogP contribution in [0.1, 0.15) is 18.4 Å². The van der Waals surface area contributed by atoms with Crippen molar-refractivity contribution in [3.05, 3.63) is 34.2 Å². The molecule has 2 N–H and O–H groups in total. The highest BCUT2D eigenvalue weighted by Crippen LogP contribution is 2.49. The van der Waals surface area contributed by atoms with Crippen LogP contribution >= 0.6 is 0 Å². The number of hydrogen-bond donors (Lipinski definition) is 2. The molecule has 1 fully saturated rings. The van der Waals surface area contributed by atoms with E-state index in [1.165, 1.54) is 18.2 Å². The minimum atomic E-state index is -2.78. The van der Waals surface area contributed by atoms with Crippen LogP contribution in [0.15, 0.2) is 23.0 Å². The topological polar surface area (TPSA) is 48.6 Å². The summed E-state index contributed by atoms with van der Waals surface area (Å²) in [6.07, 6.45) is 1.16. The summed E-state index contributed by atoms with van der Waals surface area (Å²) in [5.41, 5.74) is 0.600. The molecule has 0 amide bonds. The lowest BCUT2D eigenvalue weighted by Gasteiger charge is -2.15. The molecule has 0 aliphatic heterocycles. The standard InChI is InChI=1S/C11H10F2N2O/c12-11(13,6-1-2-6)7-3-4-8-9(5-7)15-10(16)14-8/h3-6H,1-2H2,(H2,14,15,16). The Morgan fingerprint density at radius 1 is 1.19 bits per heavy atom. The normalized spacial score (nSPS) is 16.9. The van der Waals surface area contributed by atoms with Crippen molar-refractivity contribution in [1.29, 1.82) is 0 Å². The Labute approximate surface area is 89.5 Å². The Morgan fingerprint density at radius 3 is 2.56 bits per heavy atom. The molecule has 0 unspecified atom stereocenters. The van der Waals surface area contributed by atoms with Crippen LogP contribution in [-0.4, -0.2) is 9.97 Å². The quantitative estimate of drug-likeness (QED) is 0.808. The maximum absolute atomic E-state index is 13.8. The molecular formula is C11H10F2N2O. The average molecular weight is 224 g/mol. The predicted octanol–water partition coefficient (Wildman–Crippen LogP) is 2.36. The van der Waals surface area contributed by atoms with E-state index in [9.17, 15) is 13.6 Å². The van der Waals surface area contributed by atoms with Gasteiger partial charge in [-0.1, -0.05) is 6.07 Å². The van der Waals surface area contributed by atoms with E-state index in [0.717, 1.165) is 0 Å². The molecule has 5 heteroatoms. The SMILES string of the molecule is O=c1[nH]c2ccc(C(F)(F)C3CC3)cc2[nH]1. The second-order valence-corrected chi connectivity index (χ2v) is 4.24. The van der Waals surface area contributed by atoms with E-state index in [0.29, 0.717) is 23.9 Å². The molecule has 1 aromatic heterocycles. The summed E-state index contributed by atoms with van der Waals surface area (Å²) < 4.78 is 27.5. The summed E-state index contributed by atoms with van der Waals surface area (Å²) in [6.45, 7) is 0. The van der Waals surface area contributed by atoms with E-state index in [2.05, 4.69) is 9.97 Å². The zero-order valence-electron chi connectivity index (χ0n) is 8.39. The predicted molar refractivity (Wildman–Crippen MR) is 55.5 cm³/mol. The van der Waals surface area contributed by atoms with Crippen LogP contribution in [0.25, 0.3) is 11.0 Å². The van der Waals surface area contributed by atoms with Crippen LogP contribution in [0.4, 0.5) is 8.78 Å². The van der Waals surface area contributed by atoms with Gasteiger partial charge in [-0.15, -0.1) is 0 Å². The summed E-state index contributed by atoms with van der Waals surface area (Å²) >= 11 is 0. The minimum Gasteiger partial charge on any atom is -0.306 e. The molecule has 3 rings (SSSR count). The van der Waals surface area contributed by atoms with Gasteiger partial charge in [0.2, 0.25) is 0 Å². The van der Waals surface area contributed by atoms with Gasteiger partial charge in [0.25, 0.3) is 5.92 Å². The lowest BCUT2D eigenvalue weighted by atomic mass is 10.0. The van der Waals surface area contributed by atoms with Crippen LogP contribution in [0, 0.1) is 5.92 Å². The van der Waals surface area contributed by atoms with Crippen molar-refractivity contribution in [3.8, 4) is 0 Å². The molecule has 0 spiro atoms. The van der Waals surface area contributed by atoms with Crippen LogP contribution < -0.4 is 5.69 Å². The molecule has 1 saturated carbocycles. The number of benzene rings is 1. The Balaban J connectivity index is 2.13. The number of alkyl halides is 2. The van der Waals surface area contributed by atoms with Crippen molar-refractivity contribution in [2.45, 2.75) is 18.8 Å². The fourth-order valence-electron chi connectivity index (χ4n) is 1.92. The lowest BCUT2D eigenvalue weighted by Crippen LogP contribution is -2.15. The first-order valence-corrected chi connectivity index (χ1v) is 5.18. The molecular weight excluding hydrogens is 214 g/mol. The number of H-pyrrole nitrogens is 2. The smallest absolute Gasteiger partial charge is 0.306 e. The summed E-state index contributed by atoms with van der Waals surface area (Å²) in [7, 11) is 0. The van der Waals surface area contributed by atoms with Gasteiger partial charge in [-0.05, 0) is 25.0 Å². The third-order valence-electron chi connectivity index (χ3n) is 2.99. The highest BCUT2D eigenvalue weighted by molar-refractivity contribution is 5.75. The Kier molecular flexibility index (Phi) is 1.75. The van der Waals surface area contributed by atoms with Crippen molar-refractivity contribution < 1.29 is 8.78 Å². The van der Waals surface area contributed by atoms with E-state index in [-0.39, 0.29) is 11.3 Å². The first kappa shape index (κ1) is 9.57. The Morgan fingerprint density at radius 2 is 1.88 bits per heavy atom. The monoisotopic (exact) mass is 224 g/mol.